The van der Waals surface area contributed by atoms with Gasteiger partial charge < -0.3 is 14.7 Å². The molecule has 1 rings (SSSR count). The third kappa shape index (κ3) is 3.32. The molecule has 0 aromatic rings. The summed E-state index contributed by atoms with van der Waals surface area (Å²) in [6, 6.07) is 0. The first-order valence-electron chi connectivity index (χ1n) is 5.31. The van der Waals surface area contributed by atoms with Gasteiger partial charge in [0.05, 0.1) is 25.2 Å². The molecule has 0 aromatic carbocycles. The van der Waals surface area contributed by atoms with Crippen molar-refractivity contribution in [1.29, 1.82) is 0 Å². The molecule has 86 valence electrons. The average molecular weight is 213 g/mol. The van der Waals surface area contributed by atoms with Crippen LogP contribution in [0.5, 0.6) is 0 Å². The third-order valence-corrected chi connectivity index (χ3v) is 2.58. The lowest BCUT2D eigenvalue weighted by atomic mass is 10.0. The van der Waals surface area contributed by atoms with Crippen LogP contribution >= 0.6 is 0 Å². The molecule has 0 radical (unpaired) electrons. The highest BCUT2D eigenvalue weighted by Gasteiger charge is 2.30. The van der Waals surface area contributed by atoms with Crippen LogP contribution in [-0.2, 0) is 9.53 Å². The molecule has 0 aliphatic carbocycles. The summed E-state index contributed by atoms with van der Waals surface area (Å²) in [7, 11) is 0. The molecule has 2 unspecified atom stereocenters. The average Bonchev–Trinajstić information content (AvgIpc) is 2.63. The first-order chi connectivity index (χ1) is 7.19. The van der Waals surface area contributed by atoms with Crippen molar-refractivity contribution in [2.75, 3.05) is 26.3 Å². The molecule has 4 nitrogen and oxygen atoms in total. The van der Waals surface area contributed by atoms with E-state index >= 15 is 0 Å². The van der Waals surface area contributed by atoms with Crippen molar-refractivity contribution in [2.24, 2.45) is 5.92 Å². The number of hydrogen-bond donors (Lipinski definition) is 1. The fourth-order valence-electron chi connectivity index (χ4n) is 1.82. The summed E-state index contributed by atoms with van der Waals surface area (Å²) in [5.74, 6) is 0.0137. The molecule has 0 bridgehead atoms. The van der Waals surface area contributed by atoms with Crippen LogP contribution in [0.15, 0.2) is 12.7 Å². The summed E-state index contributed by atoms with van der Waals surface area (Å²) in [5, 5.41) is 8.85. The minimum absolute atomic E-state index is 0.0112. The van der Waals surface area contributed by atoms with Crippen LogP contribution in [0.2, 0.25) is 0 Å². The number of amides is 1. The molecule has 0 spiro atoms. The molecule has 1 saturated heterocycles. The minimum atomic E-state index is -0.0495. The number of carbonyl (C=O) groups excluding carboxylic acids is 1. The summed E-state index contributed by atoms with van der Waals surface area (Å²) in [4.78, 5) is 13.6. The number of aliphatic hydroxyl groups excluding tert-OH is 1. The van der Waals surface area contributed by atoms with E-state index in [-0.39, 0.29) is 24.5 Å². The topological polar surface area (TPSA) is 49.8 Å². The fraction of sp³-hybridized carbons (Fsp3) is 0.727. The number of ether oxygens (including phenoxy) is 1. The Kier molecular flexibility index (Phi) is 4.78. The molecule has 1 N–H and O–H groups in total. The molecule has 1 aliphatic rings. The minimum Gasteiger partial charge on any atom is -0.395 e. The lowest BCUT2D eigenvalue weighted by molar-refractivity contribution is -0.135. The van der Waals surface area contributed by atoms with Crippen molar-refractivity contribution < 1.29 is 14.6 Å². The lowest BCUT2D eigenvalue weighted by Crippen LogP contribution is -2.38. The van der Waals surface area contributed by atoms with Gasteiger partial charge >= 0.3 is 0 Å². The van der Waals surface area contributed by atoms with Crippen molar-refractivity contribution in [1.82, 2.24) is 4.90 Å². The van der Waals surface area contributed by atoms with Crippen LogP contribution in [0.4, 0.5) is 0 Å². The molecular formula is C11H19NO3. The number of nitrogens with zero attached hydrogens (tertiary/aromatic N) is 1. The predicted molar refractivity (Wildman–Crippen MR) is 57.4 cm³/mol. The predicted octanol–water partition coefficient (Wildman–Crippen LogP) is 0.418. The highest BCUT2D eigenvalue weighted by Crippen LogP contribution is 2.21. The Morgan fingerprint density at radius 1 is 1.73 bits per heavy atom. The molecule has 1 amide bonds. The maximum Gasteiger partial charge on any atom is 0.228 e. The Morgan fingerprint density at radius 2 is 2.47 bits per heavy atom. The molecule has 2 atom stereocenters. The van der Waals surface area contributed by atoms with Gasteiger partial charge in [0.2, 0.25) is 5.91 Å². The first kappa shape index (κ1) is 12.2. The lowest BCUT2D eigenvalue weighted by Gasteiger charge is -2.22. The van der Waals surface area contributed by atoms with E-state index in [9.17, 15) is 4.79 Å². The van der Waals surface area contributed by atoms with Crippen molar-refractivity contribution >= 4 is 5.91 Å². The Labute approximate surface area is 90.5 Å². The SMILES string of the molecule is C=CCN(CCO)C(=O)C1COC(C)C1. The quantitative estimate of drug-likeness (QED) is 0.673. The molecule has 15 heavy (non-hydrogen) atoms. The van der Waals surface area contributed by atoms with Crippen molar-refractivity contribution in [3.05, 3.63) is 12.7 Å². The van der Waals surface area contributed by atoms with Gasteiger partial charge in [-0.2, -0.15) is 0 Å². The smallest absolute Gasteiger partial charge is 0.228 e. The molecule has 1 aliphatic heterocycles. The van der Waals surface area contributed by atoms with Gasteiger partial charge in [0.15, 0.2) is 0 Å². The van der Waals surface area contributed by atoms with Gasteiger partial charge in [-0.3, -0.25) is 4.79 Å². The zero-order valence-electron chi connectivity index (χ0n) is 9.19. The second-order valence-corrected chi connectivity index (χ2v) is 3.87. The van der Waals surface area contributed by atoms with Crippen LogP contribution in [0.1, 0.15) is 13.3 Å². The van der Waals surface area contributed by atoms with Crippen LogP contribution in [0.3, 0.4) is 0 Å². The van der Waals surface area contributed by atoms with E-state index in [0.29, 0.717) is 19.7 Å². The van der Waals surface area contributed by atoms with E-state index in [2.05, 4.69) is 6.58 Å². The molecule has 1 fully saturated rings. The van der Waals surface area contributed by atoms with E-state index < -0.39 is 0 Å². The number of hydrogen-bond acceptors (Lipinski definition) is 3. The van der Waals surface area contributed by atoms with Gasteiger partial charge in [-0.15, -0.1) is 6.58 Å². The molecule has 0 saturated carbocycles. The van der Waals surface area contributed by atoms with E-state index in [1.165, 1.54) is 0 Å². The zero-order chi connectivity index (χ0) is 11.3. The molecule has 0 aromatic heterocycles. The monoisotopic (exact) mass is 213 g/mol. The first-order valence-corrected chi connectivity index (χ1v) is 5.31. The molecule has 4 heteroatoms. The summed E-state index contributed by atoms with van der Waals surface area (Å²) in [5.41, 5.74) is 0. The van der Waals surface area contributed by atoms with E-state index in [1.54, 1.807) is 11.0 Å². The molecule has 1 heterocycles. The van der Waals surface area contributed by atoms with E-state index in [0.717, 1.165) is 6.42 Å². The second-order valence-electron chi connectivity index (χ2n) is 3.87. The van der Waals surface area contributed by atoms with Crippen molar-refractivity contribution in [3.8, 4) is 0 Å². The van der Waals surface area contributed by atoms with Gasteiger partial charge in [-0.1, -0.05) is 6.08 Å². The van der Waals surface area contributed by atoms with Crippen LogP contribution in [0.25, 0.3) is 0 Å². The van der Waals surface area contributed by atoms with Crippen molar-refractivity contribution in [2.45, 2.75) is 19.4 Å². The van der Waals surface area contributed by atoms with Gasteiger partial charge in [-0.05, 0) is 13.3 Å². The van der Waals surface area contributed by atoms with Gasteiger partial charge in [0, 0.05) is 13.1 Å². The fourth-order valence-corrected chi connectivity index (χ4v) is 1.82. The standard InChI is InChI=1S/C11H19NO3/c1-3-4-12(5-6-13)11(14)10-7-9(2)15-8-10/h3,9-10,13H,1,4-8H2,2H3. The summed E-state index contributed by atoms with van der Waals surface area (Å²) in [6.45, 7) is 6.92. The van der Waals surface area contributed by atoms with Gasteiger partial charge in [-0.25, -0.2) is 0 Å². The van der Waals surface area contributed by atoms with Crippen LogP contribution in [0, 0.1) is 5.92 Å². The van der Waals surface area contributed by atoms with E-state index in [4.69, 9.17) is 9.84 Å². The summed E-state index contributed by atoms with van der Waals surface area (Å²) >= 11 is 0. The van der Waals surface area contributed by atoms with Crippen LogP contribution < -0.4 is 0 Å². The maximum absolute atomic E-state index is 12.0. The largest absolute Gasteiger partial charge is 0.395 e. The van der Waals surface area contributed by atoms with E-state index in [1.807, 2.05) is 6.92 Å². The zero-order valence-corrected chi connectivity index (χ0v) is 9.19. The summed E-state index contributed by atoms with van der Waals surface area (Å²) in [6.07, 6.45) is 2.61. The highest BCUT2D eigenvalue weighted by molar-refractivity contribution is 5.79. The Hall–Kier alpha value is -0.870. The Bertz CT molecular complexity index is 230. The van der Waals surface area contributed by atoms with Gasteiger partial charge in [0.25, 0.3) is 0 Å². The van der Waals surface area contributed by atoms with Crippen molar-refractivity contribution in [3.63, 3.8) is 0 Å². The van der Waals surface area contributed by atoms with Crippen LogP contribution in [-0.4, -0.2) is 48.3 Å². The van der Waals surface area contributed by atoms with Gasteiger partial charge in [0.1, 0.15) is 0 Å². The maximum atomic E-state index is 12.0. The second kappa shape index (κ2) is 5.88. The normalized spacial score (nSPS) is 25.2. The number of aliphatic hydroxyl groups is 1. The molecular weight excluding hydrogens is 194 g/mol. The highest BCUT2D eigenvalue weighted by atomic mass is 16.5. The summed E-state index contributed by atoms with van der Waals surface area (Å²) < 4.78 is 5.36. The Morgan fingerprint density at radius 3 is 2.93 bits per heavy atom. The third-order valence-electron chi connectivity index (χ3n) is 2.58. The number of carbonyl (C=O) groups is 1. The number of rotatable bonds is 5. The Balaban J connectivity index is 2.51.